The number of benzene rings is 1. The fourth-order valence-corrected chi connectivity index (χ4v) is 2.60. The zero-order valence-corrected chi connectivity index (χ0v) is 13.4. The van der Waals surface area contributed by atoms with Crippen molar-refractivity contribution >= 4 is 40.4 Å². The fraction of sp³-hybridized carbons (Fsp3) is 0.429. The lowest BCUT2D eigenvalue weighted by Gasteiger charge is -2.29. The molecule has 1 amide bonds. The summed E-state index contributed by atoms with van der Waals surface area (Å²) in [6, 6.07) is 5.03. The maximum absolute atomic E-state index is 12.5. The molecular formula is C14H19ClN2O2S. The highest BCUT2D eigenvalue weighted by Gasteiger charge is 2.38. The minimum Gasteiger partial charge on any atom is -0.495 e. The van der Waals surface area contributed by atoms with Gasteiger partial charge < -0.3 is 15.8 Å². The maximum atomic E-state index is 12.5. The molecule has 0 radical (unpaired) electrons. The first-order valence-electron chi connectivity index (χ1n) is 6.36. The van der Waals surface area contributed by atoms with Gasteiger partial charge >= 0.3 is 0 Å². The molecule has 0 aromatic heterocycles. The van der Waals surface area contributed by atoms with Gasteiger partial charge in [-0.1, -0.05) is 37.7 Å². The van der Waals surface area contributed by atoms with E-state index in [1.54, 1.807) is 18.2 Å². The summed E-state index contributed by atoms with van der Waals surface area (Å²) in [4.78, 5) is 12.7. The van der Waals surface area contributed by atoms with Crippen LogP contribution in [0, 0.1) is 5.41 Å². The number of nitrogens with two attached hydrogens (primary N) is 1. The second-order valence-electron chi connectivity index (χ2n) is 4.46. The Kier molecular flexibility index (Phi) is 5.77. The van der Waals surface area contributed by atoms with Crippen molar-refractivity contribution < 1.29 is 9.53 Å². The summed E-state index contributed by atoms with van der Waals surface area (Å²) in [6.45, 7) is 3.79. The van der Waals surface area contributed by atoms with Crippen LogP contribution in [0.3, 0.4) is 0 Å². The van der Waals surface area contributed by atoms with E-state index in [0.29, 0.717) is 29.3 Å². The number of hydrogen-bond donors (Lipinski definition) is 2. The number of amides is 1. The molecule has 1 aromatic rings. The van der Waals surface area contributed by atoms with Gasteiger partial charge in [0, 0.05) is 11.8 Å². The van der Waals surface area contributed by atoms with Crippen LogP contribution in [-0.4, -0.2) is 18.0 Å². The van der Waals surface area contributed by atoms with Gasteiger partial charge in [-0.05, 0) is 25.0 Å². The Bertz CT molecular complexity index is 516. The van der Waals surface area contributed by atoms with Crippen molar-refractivity contribution in [2.45, 2.75) is 26.7 Å². The highest BCUT2D eigenvalue weighted by molar-refractivity contribution is 7.80. The summed E-state index contributed by atoms with van der Waals surface area (Å²) < 4.78 is 5.12. The molecule has 4 nitrogen and oxygen atoms in total. The summed E-state index contributed by atoms with van der Waals surface area (Å²) in [6.07, 6.45) is 1.10. The zero-order valence-electron chi connectivity index (χ0n) is 11.8. The zero-order chi connectivity index (χ0) is 15.3. The van der Waals surface area contributed by atoms with E-state index in [9.17, 15) is 4.79 Å². The van der Waals surface area contributed by atoms with E-state index < -0.39 is 5.41 Å². The lowest BCUT2D eigenvalue weighted by atomic mass is 9.81. The molecule has 1 aromatic carbocycles. The first-order valence-corrected chi connectivity index (χ1v) is 7.14. The van der Waals surface area contributed by atoms with E-state index in [-0.39, 0.29) is 10.9 Å². The fourth-order valence-electron chi connectivity index (χ4n) is 2.02. The van der Waals surface area contributed by atoms with Gasteiger partial charge in [-0.15, -0.1) is 0 Å². The van der Waals surface area contributed by atoms with Crippen LogP contribution in [0.4, 0.5) is 5.69 Å². The van der Waals surface area contributed by atoms with Crippen molar-refractivity contribution in [3.05, 3.63) is 23.2 Å². The minimum absolute atomic E-state index is 0.209. The van der Waals surface area contributed by atoms with Gasteiger partial charge in [-0.25, -0.2) is 0 Å². The van der Waals surface area contributed by atoms with Crippen molar-refractivity contribution in [3.8, 4) is 5.75 Å². The number of thiocarbonyl (C=S) groups is 1. The van der Waals surface area contributed by atoms with Crippen molar-refractivity contribution in [1.29, 1.82) is 0 Å². The Morgan fingerprint density at radius 1 is 1.45 bits per heavy atom. The summed E-state index contributed by atoms with van der Waals surface area (Å²) in [7, 11) is 1.52. The number of halogens is 1. The Morgan fingerprint density at radius 3 is 2.50 bits per heavy atom. The van der Waals surface area contributed by atoms with Gasteiger partial charge in [0.2, 0.25) is 5.91 Å². The Labute approximate surface area is 129 Å². The average Bonchev–Trinajstić information content (AvgIpc) is 2.42. The third kappa shape index (κ3) is 3.22. The van der Waals surface area contributed by atoms with Crippen LogP contribution in [0.1, 0.15) is 26.7 Å². The molecule has 20 heavy (non-hydrogen) atoms. The van der Waals surface area contributed by atoms with Crippen LogP contribution in [0.2, 0.25) is 5.02 Å². The summed E-state index contributed by atoms with van der Waals surface area (Å²) in [5, 5.41) is 3.31. The quantitative estimate of drug-likeness (QED) is 0.790. The third-order valence-electron chi connectivity index (χ3n) is 3.52. The molecule has 1 rings (SSSR count). The van der Waals surface area contributed by atoms with Crippen LogP contribution in [0.25, 0.3) is 0 Å². The van der Waals surface area contributed by atoms with E-state index in [4.69, 9.17) is 34.3 Å². The molecule has 0 saturated heterocycles. The molecule has 0 aliphatic carbocycles. The molecule has 0 saturated carbocycles. The molecule has 3 N–H and O–H groups in total. The van der Waals surface area contributed by atoms with Gasteiger partial charge in [-0.3, -0.25) is 4.79 Å². The third-order valence-corrected chi connectivity index (χ3v) is 4.23. The van der Waals surface area contributed by atoms with Gasteiger partial charge in [-0.2, -0.15) is 0 Å². The van der Waals surface area contributed by atoms with Crippen molar-refractivity contribution in [1.82, 2.24) is 0 Å². The molecule has 0 fully saturated rings. The predicted octanol–water partition coefficient (Wildman–Crippen LogP) is 3.38. The largest absolute Gasteiger partial charge is 0.495 e. The molecule has 110 valence electrons. The second kappa shape index (κ2) is 6.90. The molecular weight excluding hydrogens is 296 g/mol. The number of hydrogen-bond acceptors (Lipinski definition) is 3. The van der Waals surface area contributed by atoms with Gasteiger partial charge in [0.15, 0.2) is 0 Å². The highest BCUT2D eigenvalue weighted by atomic mass is 35.5. The van der Waals surface area contributed by atoms with Crippen molar-refractivity contribution in [2.75, 3.05) is 12.4 Å². The van der Waals surface area contributed by atoms with E-state index in [1.807, 2.05) is 13.8 Å². The summed E-state index contributed by atoms with van der Waals surface area (Å²) >= 11 is 11.0. The molecule has 0 atom stereocenters. The standard InChI is InChI=1S/C14H19ClN2O2S/c1-4-14(5-2,12(16)20)13(18)17-9-6-7-10(15)11(8-9)19-3/h6-8H,4-5H2,1-3H3,(H2,16,20)(H,17,18). The van der Waals surface area contributed by atoms with E-state index in [1.165, 1.54) is 7.11 Å². The van der Waals surface area contributed by atoms with Gasteiger partial charge in [0.25, 0.3) is 0 Å². The van der Waals surface area contributed by atoms with Crippen LogP contribution in [0.15, 0.2) is 18.2 Å². The maximum Gasteiger partial charge on any atom is 0.237 e. The minimum atomic E-state index is -0.831. The highest BCUT2D eigenvalue weighted by Crippen LogP contribution is 2.31. The predicted molar refractivity (Wildman–Crippen MR) is 86.4 cm³/mol. The molecule has 0 aliphatic rings. The lowest BCUT2D eigenvalue weighted by Crippen LogP contribution is -2.45. The number of anilines is 1. The molecule has 6 heteroatoms. The van der Waals surface area contributed by atoms with Crippen LogP contribution in [0.5, 0.6) is 5.75 Å². The van der Waals surface area contributed by atoms with Crippen molar-refractivity contribution in [2.24, 2.45) is 11.1 Å². The number of nitrogens with one attached hydrogen (secondary N) is 1. The molecule has 0 aliphatic heterocycles. The number of carbonyl (C=O) groups is 1. The van der Waals surface area contributed by atoms with Crippen LogP contribution in [-0.2, 0) is 4.79 Å². The first kappa shape index (κ1) is 16.7. The molecule has 0 unspecified atom stereocenters. The number of methoxy groups -OCH3 is 1. The molecule has 0 heterocycles. The van der Waals surface area contributed by atoms with Gasteiger partial charge in [0.1, 0.15) is 5.75 Å². The average molecular weight is 315 g/mol. The van der Waals surface area contributed by atoms with E-state index in [2.05, 4.69) is 5.32 Å². The number of carbonyl (C=O) groups excluding carboxylic acids is 1. The van der Waals surface area contributed by atoms with Crippen molar-refractivity contribution in [3.63, 3.8) is 0 Å². The summed E-state index contributed by atoms with van der Waals surface area (Å²) in [5.74, 6) is 0.290. The number of ether oxygens (including phenoxy) is 1. The topological polar surface area (TPSA) is 64.3 Å². The SMILES string of the molecule is CCC(CC)(C(=O)Nc1ccc(Cl)c(OC)c1)C(N)=S. The van der Waals surface area contributed by atoms with Gasteiger partial charge in [0.05, 0.1) is 22.5 Å². The normalized spacial score (nSPS) is 11.0. The van der Waals surface area contributed by atoms with E-state index >= 15 is 0 Å². The van der Waals surface area contributed by atoms with Crippen LogP contribution < -0.4 is 15.8 Å². The first-order chi connectivity index (χ1) is 9.41. The smallest absolute Gasteiger partial charge is 0.237 e. The Morgan fingerprint density at radius 2 is 2.05 bits per heavy atom. The Balaban J connectivity index is 3.03. The second-order valence-corrected chi connectivity index (χ2v) is 5.30. The molecule has 0 spiro atoms. The molecule has 0 bridgehead atoms. The number of rotatable bonds is 6. The van der Waals surface area contributed by atoms with Crippen LogP contribution >= 0.6 is 23.8 Å². The van der Waals surface area contributed by atoms with E-state index in [0.717, 1.165) is 0 Å². The Hall–Kier alpha value is -1.33. The monoisotopic (exact) mass is 314 g/mol. The lowest BCUT2D eigenvalue weighted by molar-refractivity contribution is -0.122. The summed E-state index contributed by atoms with van der Waals surface area (Å²) in [5.41, 5.74) is 5.52.